The van der Waals surface area contributed by atoms with Gasteiger partial charge in [-0.2, -0.15) is 13.2 Å². The summed E-state index contributed by atoms with van der Waals surface area (Å²) in [6.45, 7) is 0. The maximum Gasteiger partial charge on any atom is 0.418 e. The van der Waals surface area contributed by atoms with Gasteiger partial charge in [0.05, 0.1) is 21.9 Å². The fraction of sp³-hybridized carbons (Fsp3) is 0.0588. The third-order valence-electron chi connectivity index (χ3n) is 3.67. The molecular weight excluding hydrogens is 462 g/mol. The first-order chi connectivity index (χ1) is 13.7. The number of benzene rings is 2. The van der Waals surface area contributed by atoms with Crippen LogP contribution in [0.15, 0.2) is 53.3 Å². The molecule has 0 spiro atoms. The molecular formula is C17H10BrF4N5O2. The van der Waals surface area contributed by atoms with Crippen LogP contribution in [-0.4, -0.2) is 14.9 Å². The van der Waals surface area contributed by atoms with Crippen molar-refractivity contribution in [3.63, 3.8) is 0 Å². The monoisotopic (exact) mass is 471 g/mol. The Balaban J connectivity index is 2.04. The normalized spacial score (nSPS) is 11.2. The molecule has 0 amide bonds. The molecule has 1 aromatic heterocycles. The molecule has 3 aromatic rings. The van der Waals surface area contributed by atoms with Crippen molar-refractivity contribution >= 4 is 44.6 Å². The van der Waals surface area contributed by atoms with Crippen LogP contribution in [0.5, 0.6) is 0 Å². The molecule has 0 bridgehead atoms. The van der Waals surface area contributed by atoms with Gasteiger partial charge in [0.2, 0.25) is 11.6 Å². The zero-order valence-electron chi connectivity index (χ0n) is 14.2. The van der Waals surface area contributed by atoms with Crippen LogP contribution in [0.25, 0.3) is 0 Å². The number of hydrogen-bond donors (Lipinski definition) is 2. The van der Waals surface area contributed by atoms with Gasteiger partial charge in [-0.25, -0.2) is 14.4 Å². The van der Waals surface area contributed by atoms with Crippen LogP contribution in [0.2, 0.25) is 0 Å². The summed E-state index contributed by atoms with van der Waals surface area (Å²) in [4.78, 5) is 18.1. The van der Waals surface area contributed by atoms with Crippen LogP contribution in [-0.2, 0) is 6.18 Å². The summed E-state index contributed by atoms with van der Waals surface area (Å²) >= 11 is 3.09. The smallest absolute Gasteiger partial charge is 0.334 e. The van der Waals surface area contributed by atoms with E-state index < -0.39 is 45.5 Å². The van der Waals surface area contributed by atoms with Gasteiger partial charge in [-0.1, -0.05) is 28.1 Å². The number of halogens is 5. The molecule has 12 heteroatoms. The molecule has 150 valence electrons. The average molecular weight is 472 g/mol. The minimum atomic E-state index is -4.69. The Morgan fingerprint density at radius 1 is 1.00 bits per heavy atom. The Morgan fingerprint density at radius 2 is 1.62 bits per heavy atom. The second-order valence-corrected chi connectivity index (χ2v) is 6.51. The first kappa shape index (κ1) is 20.5. The number of anilines is 4. The van der Waals surface area contributed by atoms with Gasteiger partial charge >= 0.3 is 11.9 Å². The van der Waals surface area contributed by atoms with Crippen molar-refractivity contribution in [1.82, 2.24) is 9.97 Å². The highest BCUT2D eigenvalue weighted by Gasteiger charge is 2.34. The van der Waals surface area contributed by atoms with Crippen LogP contribution < -0.4 is 10.6 Å². The molecule has 2 N–H and O–H groups in total. The van der Waals surface area contributed by atoms with Gasteiger partial charge in [0, 0.05) is 4.47 Å². The SMILES string of the molecule is O=[N+]([O-])c1c(Nc2ccc(Br)cc2F)ncnc1Nc1ccccc1C(F)(F)F. The van der Waals surface area contributed by atoms with E-state index in [9.17, 15) is 27.7 Å². The molecule has 3 rings (SSSR count). The van der Waals surface area contributed by atoms with Crippen molar-refractivity contribution in [2.75, 3.05) is 10.6 Å². The van der Waals surface area contributed by atoms with E-state index in [1.807, 2.05) is 0 Å². The summed E-state index contributed by atoms with van der Waals surface area (Å²) in [5, 5.41) is 16.4. The fourth-order valence-corrected chi connectivity index (χ4v) is 2.75. The zero-order valence-corrected chi connectivity index (χ0v) is 15.8. The number of nitrogens with one attached hydrogen (secondary N) is 2. The second-order valence-electron chi connectivity index (χ2n) is 5.59. The molecule has 0 fully saturated rings. The third kappa shape index (κ3) is 4.59. The molecule has 0 saturated carbocycles. The lowest BCUT2D eigenvalue weighted by atomic mass is 10.1. The summed E-state index contributed by atoms with van der Waals surface area (Å²) in [5.41, 5.74) is -2.31. The largest absolute Gasteiger partial charge is 0.418 e. The molecule has 7 nitrogen and oxygen atoms in total. The topological polar surface area (TPSA) is 93.0 Å². The minimum Gasteiger partial charge on any atom is -0.334 e. The standard InChI is InChI=1S/C17H10BrF4N5O2/c18-9-5-6-13(11(19)7-9)26-16-14(27(28)29)15(23-8-24-16)25-12-4-2-1-3-10(12)17(20,21)22/h1-8H,(H2,23,24,25,26). The van der Waals surface area contributed by atoms with Gasteiger partial charge in [0.1, 0.15) is 12.1 Å². The van der Waals surface area contributed by atoms with Crippen LogP contribution in [0.1, 0.15) is 5.56 Å². The Bertz CT molecular complexity index is 1080. The maximum atomic E-state index is 14.1. The highest BCUT2D eigenvalue weighted by Crippen LogP contribution is 2.38. The van der Waals surface area contributed by atoms with Crippen LogP contribution in [0, 0.1) is 15.9 Å². The number of para-hydroxylation sites is 1. The van der Waals surface area contributed by atoms with E-state index >= 15 is 0 Å². The number of rotatable bonds is 5. The average Bonchev–Trinajstić information content (AvgIpc) is 2.63. The number of hydrogen-bond acceptors (Lipinski definition) is 6. The maximum absolute atomic E-state index is 14.1. The summed E-state index contributed by atoms with van der Waals surface area (Å²) in [6, 6.07) is 8.40. The lowest BCUT2D eigenvalue weighted by Gasteiger charge is -2.14. The molecule has 0 aliphatic carbocycles. The molecule has 0 radical (unpaired) electrons. The molecule has 1 heterocycles. The predicted octanol–water partition coefficient (Wildman–Crippen LogP) is 5.79. The molecule has 0 aliphatic heterocycles. The van der Waals surface area contributed by atoms with Crippen molar-refractivity contribution < 1.29 is 22.5 Å². The van der Waals surface area contributed by atoms with Gasteiger partial charge < -0.3 is 10.6 Å². The number of aromatic nitrogens is 2. The van der Waals surface area contributed by atoms with Crippen LogP contribution in [0.3, 0.4) is 0 Å². The van der Waals surface area contributed by atoms with E-state index in [-0.39, 0.29) is 5.69 Å². The summed E-state index contributed by atoms with van der Waals surface area (Å²) in [6.07, 6.45) is -3.78. The minimum absolute atomic E-state index is 0.114. The van der Waals surface area contributed by atoms with E-state index in [4.69, 9.17) is 0 Å². The Morgan fingerprint density at radius 3 is 2.21 bits per heavy atom. The number of alkyl halides is 3. The Kier molecular flexibility index (Phi) is 5.64. The second kappa shape index (κ2) is 7.99. The van der Waals surface area contributed by atoms with Gasteiger partial charge in [-0.05, 0) is 30.3 Å². The quantitative estimate of drug-likeness (QED) is 0.277. The summed E-state index contributed by atoms with van der Waals surface area (Å²) < 4.78 is 54.1. The van der Waals surface area contributed by atoms with E-state index in [0.29, 0.717) is 4.47 Å². The summed E-state index contributed by atoms with van der Waals surface area (Å²) in [7, 11) is 0. The number of nitrogens with zero attached hydrogens (tertiary/aromatic N) is 3. The highest BCUT2D eigenvalue weighted by molar-refractivity contribution is 9.10. The predicted molar refractivity (Wildman–Crippen MR) is 101 cm³/mol. The lowest BCUT2D eigenvalue weighted by Crippen LogP contribution is -2.11. The lowest BCUT2D eigenvalue weighted by molar-refractivity contribution is -0.383. The van der Waals surface area contributed by atoms with E-state index in [1.165, 1.54) is 24.3 Å². The van der Waals surface area contributed by atoms with Crippen molar-refractivity contribution in [3.05, 3.63) is 74.8 Å². The van der Waals surface area contributed by atoms with Gasteiger partial charge in [0.25, 0.3) is 0 Å². The molecule has 0 aliphatic rings. The van der Waals surface area contributed by atoms with Crippen molar-refractivity contribution in [2.24, 2.45) is 0 Å². The van der Waals surface area contributed by atoms with Gasteiger partial charge in [0.15, 0.2) is 0 Å². The van der Waals surface area contributed by atoms with Crippen molar-refractivity contribution in [3.8, 4) is 0 Å². The first-order valence-electron chi connectivity index (χ1n) is 7.81. The van der Waals surface area contributed by atoms with Crippen molar-refractivity contribution in [1.29, 1.82) is 0 Å². The summed E-state index contributed by atoms with van der Waals surface area (Å²) in [5.74, 6) is -1.59. The first-order valence-corrected chi connectivity index (χ1v) is 8.61. The van der Waals surface area contributed by atoms with E-state index in [2.05, 4.69) is 36.5 Å². The fourth-order valence-electron chi connectivity index (χ4n) is 2.42. The Hall–Kier alpha value is -3.28. The van der Waals surface area contributed by atoms with E-state index in [0.717, 1.165) is 24.5 Å². The molecule has 2 aromatic carbocycles. The number of nitro groups is 1. The zero-order chi connectivity index (χ0) is 21.2. The molecule has 0 saturated heterocycles. The third-order valence-corrected chi connectivity index (χ3v) is 4.17. The van der Waals surface area contributed by atoms with Crippen molar-refractivity contribution in [2.45, 2.75) is 6.18 Å². The van der Waals surface area contributed by atoms with Gasteiger partial charge in [-0.15, -0.1) is 0 Å². The molecule has 29 heavy (non-hydrogen) atoms. The van der Waals surface area contributed by atoms with Gasteiger partial charge in [-0.3, -0.25) is 10.1 Å². The van der Waals surface area contributed by atoms with Crippen LogP contribution in [0.4, 0.5) is 46.3 Å². The Labute approximate surface area is 169 Å². The highest BCUT2D eigenvalue weighted by atomic mass is 79.9. The molecule has 0 unspecified atom stereocenters. The van der Waals surface area contributed by atoms with E-state index in [1.54, 1.807) is 0 Å². The van der Waals surface area contributed by atoms with Crippen LogP contribution >= 0.6 is 15.9 Å². The molecule has 0 atom stereocenters.